The van der Waals surface area contributed by atoms with Crippen LogP contribution in [0, 0.1) is 18.3 Å². The molecule has 0 spiro atoms. The highest BCUT2D eigenvalue weighted by atomic mass is 127. The summed E-state index contributed by atoms with van der Waals surface area (Å²) < 4.78 is 0.683. The summed E-state index contributed by atoms with van der Waals surface area (Å²) in [6.07, 6.45) is 10.3. The van der Waals surface area contributed by atoms with Crippen LogP contribution in [0.25, 0.3) is 0 Å². The normalized spacial score (nSPS) is 16.7. The Balaban J connectivity index is 4.13. The van der Waals surface area contributed by atoms with Crippen LogP contribution < -0.4 is 0 Å². The van der Waals surface area contributed by atoms with Crippen molar-refractivity contribution >= 4 is 22.6 Å². The predicted octanol–water partition coefficient (Wildman–Crippen LogP) is 2.36. The fraction of sp³-hybridized carbons (Fsp3) is 0.833. The minimum atomic E-state index is -1.12. The zero-order chi connectivity index (χ0) is 11.7. The van der Waals surface area contributed by atoms with Gasteiger partial charge in [0.05, 0.1) is 6.61 Å². The second kappa shape index (κ2) is 8.37. The molecule has 2 atom stereocenters. The number of unbranched alkanes of at least 4 members (excludes halogenated alkanes) is 3. The number of terminal acetylenes is 1. The summed E-state index contributed by atoms with van der Waals surface area (Å²) in [7, 11) is 0. The van der Waals surface area contributed by atoms with E-state index < -0.39 is 5.60 Å². The molecule has 88 valence electrons. The maximum absolute atomic E-state index is 10.2. The van der Waals surface area contributed by atoms with Gasteiger partial charge in [-0.25, -0.2) is 0 Å². The van der Waals surface area contributed by atoms with Gasteiger partial charge in [0.25, 0.3) is 0 Å². The summed E-state index contributed by atoms with van der Waals surface area (Å²) in [4.78, 5) is 0. The Kier molecular flexibility index (Phi) is 8.49. The average molecular weight is 324 g/mol. The van der Waals surface area contributed by atoms with Gasteiger partial charge in [-0.2, -0.15) is 0 Å². The third-order valence-corrected chi connectivity index (χ3v) is 3.81. The van der Waals surface area contributed by atoms with Crippen LogP contribution in [-0.4, -0.2) is 26.8 Å². The third-order valence-electron chi connectivity index (χ3n) is 2.74. The molecule has 0 radical (unpaired) electrons. The van der Waals surface area contributed by atoms with Crippen molar-refractivity contribution in [2.24, 2.45) is 5.92 Å². The van der Waals surface area contributed by atoms with Crippen molar-refractivity contribution in [1.82, 2.24) is 0 Å². The van der Waals surface area contributed by atoms with E-state index in [1.165, 1.54) is 12.8 Å². The highest BCUT2D eigenvalue weighted by Gasteiger charge is 2.32. The number of hydrogen-bond donors (Lipinski definition) is 2. The van der Waals surface area contributed by atoms with E-state index in [1.807, 2.05) is 0 Å². The van der Waals surface area contributed by atoms with Crippen LogP contribution in [-0.2, 0) is 0 Å². The quantitative estimate of drug-likeness (QED) is 0.311. The Morgan fingerprint density at radius 1 is 1.40 bits per heavy atom. The fourth-order valence-electron chi connectivity index (χ4n) is 1.54. The van der Waals surface area contributed by atoms with Crippen LogP contribution in [0.4, 0.5) is 0 Å². The summed E-state index contributed by atoms with van der Waals surface area (Å²) in [6, 6.07) is 0. The molecule has 0 aromatic heterocycles. The first-order valence-electron chi connectivity index (χ1n) is 5.51. The predicted molar refractivity (Wildman–Crippen MR) is 72.0 cm³/mol. The number of aliphatic hydroxyl groups excluding tert-OH is 1. The lowest BCUT2D eigenvalue weighted by atomic mass is 9.85. The molecule has 0 saturated carbocycles. The van der Waals surface area contributed by atoms with Crippen molar-refractivity contribution in [2.45, 2.75) is 44.6 Å². The Morgan fingerprint density at radius 2 is 2.07 bits per heavy atom. The number of alkyl halides is 1. The monoisotopic (exact) mass is 324 g/mol. The van der Waals surface area contributed by atoms with E-state index in [0.717, 1.165) is 12.8 Å². The second-order valence-corrected chi connectivity index (χ2v) is 4.79. The molecule has 0 saturated heterocycles. The van der Waals surface area contributed by atoms with Gasteiger partial charge in [0.15, 0.2) is 0 Å². The summed E-state index contributed by atoms with van der Waals surface area (Å²) in [6.45, 7) is 2.10. The molecule has 0 aromatic rings. The molecule has 3 heteroatoms. The van der Waals surface area contributed by atoms with Crippen molar-refractivity contribution in [3.63, 3.8) is 0 Å². The highest BCUT2D eigenvalue weighted by Crippen LogP contribution is 2.25. The van der Waals surface area contributed by atoms with Gasteiger partial charge in [-0.3, -0.25) is 0 Å². The third kappa shape index (κ3) is 5.19. The van der Waals surface area contributed by atoms with Crippen molar-refractivity contribution < 1.29 is 10.2 Å². The van der Waals surface area contributed by atoms with Crippen LogP contribution in [0.1, 0.15) is 39.0 Å². The van der Waals surface area contributed by atoms with Crippen LogP contribution in [0.15, 0.2) is 0 Å². The molecule has 2 unspecified atom stereocenters. The van der Waals surface area contributed by atoms with E-state index in [2.05, 4.69) is 35.4 Å². The van der Waals surface area contributed by atoms with Crippen LogP contribution in [0.5, 0.6) is 0 Å². The van der Waals surface area contributed by atoms with E-state index in [1.54, 1.807) is 0 Å². The van der Waals surface area contributed by atoms with Gasteiger partial charge < -0.3 is 10.2 Å². The minimum absolute atomic E-state index is 0.0442. The Hall–Kier alpha value is 0.210. The smallest absolute Gasteiger partial charge is 0.130 e. The largest absolute Gasteiger partial charge is 0.396 e. The first kappa shape index (κ1) is 15.2. The first-order valence-corrected chi connectivity index (χ1v) is 7.04. The summed E-state index contributed by atoms with van der Waals surface area (Å²) in [5.74, 6) is 2.24. The molecular weight excluding hydrogens is 303 g/mol. The molecule has 0 aromatic carbocycles. The number of hydrogen-bond acceptors (Lipinski definition) is 2. The Labute approximate surface area is 107 Å². The number of halogens is 1. The average Bonchev–Trinajstić information content (AvgIpc) is 2.26. The molecule has 15 heavy (non-hydrogen) atoms. The van der Waals surface area contributed by atoms with E-state index in [-0.39, 0.29) is 12.5 Å². The zero-order valence-electron chi connectivity index (χ0n) is 9.38. The van der Waals surface area contributed by atoms with Gasteiger partial charge in [0.1, 0.15) is 5.60 Å². The lowest BCUT2D eigenvalue weighted by Gasteiger charge is -2.29. The maximum Gasteiger partial charge on any atom is 0.130 e. The first-order chi connectivity index (χ1) is 7.14. The molecule has 0 aliphatic carbocycles. The Bertz CT molecular complexity index is 196. The molecule has 0 aliphatic heterocycles. The van der Waals surface area contributed by atoms with Crippen molar-refractivity contribution in [3.05, 3.63) is 0 Å². The van der Waals surface area contributed by atoms with Gasteiger partial charge in [0, 0.05) is 10.3 Å². The van der Waals surface area contributed by atoms with Gasteiger partial charge in [-0.15, -0.1) is 6.42 Å². The van der Waals surface area contributed by atoms with Crippen LogP contribution in [0.2, 0.25) is 0 Å². The van der Waals surface area contributed by atoms with E-state index in [4.69, 9.17) is 11.5 Å². The van der Waals surface area contributed by atoms with Crippen LogP contribution >= 0.6 is 22.6 Å². The molecule has 0 aliphatic rings. The summed E-state index contributed by atoms with van der Waals surface area (Å²) in [5, 5.41) is 19.3. The molecule has 2 N–H and O–H groups in total. The van der Waals surface area contributed by atoms with E-state index in [9.17, 15) is 5.11 Å². The van der Waals surface area contributed by atoms with Crippen molar-refractivity contribution in [3.8, 4) is 12.3 Å². The lowest BCUT2D eigenvalue weighted by Crippen LogP contribution is -2.39. The molecular formula is C12H21IO2. The molecule has 0 bridgehead atoms. The SMILES string of the molecule is C#CC(O)(CCCCCC)C(CO)CI. The van der Waals surface area contributed by atoms with Gasteiger partial charge in [0.2, 0.25) is 0 Å². The summed E-state index contributed by atoms with van der Waals surface area (Å²) in [5.41, 5.74) is -1.12. The molecule has 0 rings (SSSR count). The van der Waals surface area contributed by atoms with Gasteiger partial charge in [-0.05, 0) is 12.8 Å². The van der Waals surface area contributed by atoms with Crippen molar-refractivity contribution in [1.29, 1.82) is 0 Å². The summed E-state index contributed by atoms with van der Waals surface area (Å²) >= 11 is 2.15. The maximum atomic E-state index is 10.2. The Morgan fingerprint density at radius 3 is 2.47 bits per heavy atom. The molecule has 0 amide bonds. The van der Waals surface area contributed by atoms with E-state index >= 15 is 0 Å². The van der Waals surface area contributed by atoms with Crippen LogP contribution in [0.3, 0.4) is 0 Å². The highest BCUT2D eigenvalue weighted by molar-refractivity contribution is 14.1. The number of aliphatic hydroxyl groups is 2. The van der Waals surface area contributed by atoms with Gasteiger partial charge in [-0.1, -0.05) is 54.7 Å². The standard InChI is InChI=1S/C12H21IO2/c1-3-5-6-7-8-12(15,4-2)11(9-13)10-14/h2,11,14-15H,3,5-10H2,1H3. The number of rotatable bonds is 8. The molecule has 2 nitrogen and oxygen atoms in total. The molecule has 0 heterocycles. The second-order valence-electron chi connectivity index (χ2n) is 3.91. The lowest BCUT2D eigenvalue weighted by molar-refractivity contribution is 0.0127. The van der Waals surface area contributed by atoms with Gasteiger partial charge >= 0.3 is 0 Å². The van der Waals surface area contributed by atoms with E-state index in [0.29, 0.717) is 10.8 Å². The fourth-order valence-corrected chi connectivity index (χ4v) is 2.55. The topological polar surface area (TPSA) is 40.5 Å². The zero-order valence-corrected chi connectivity index (χ0v) is 11.5. The minimum Gasteiger partial charge on any atom is -0.396 e. The van der Waals surface area contributed by atoms with Crippen molar-refractivity contribution in [2.75, 3.05) is 11.0 Å². The molecule has 0 fully saturated rings.